The molecule has 1 fully saturated rings. The minimum absolute atomic E-state index is 0. The Hall–Kier alpha value is -1.20. The zero-order valence-corrected chi connectivity index (χ0v) is 13.2. The molecule has 1 N–H and O–H groups in total. The van der Waals surface area contributed by atoms with Crippen molar-refractivity contribution in [3.8, 4) is 6.07 Å². The number of nitrogens with one attached hydrogen (secondary N) is 1. The number of rotatable bonds is 4. The molecule has 1 aromatic carbocycles. The van der Waals surface area contributed by atoms with Crippen molar-refractivity contribution in [1.82, 2.24) is 9.62 Å². The summed E-state index contributed by atoms with van der Waals surface area (Å²) in [5, 5.41) is 11.8. The quantitative estimate of drug-likeness (QED) is 0.906. The smallest absolute Gasteiger partial charge is 0.243 e. The molecule has 1 aliphatic rings. The van der Waals surface area contributed by atoms with Gasteiger partial charge in [0.2, 0.25) is 10.0 Å². The zero-order chi connectivity index (χ0) is 14.8. The van der Waals surface area contributed by atoms with E-state index in [1.807, 2.05) is 0 Å². The van der Waals surface area contributed by atoms with Crippen molar-refractivity contribution in [2.75, 3.05) is 20.1 Å². The number of hydrogen-bond acceptors (Lipinski definition) is 4. The highest BCUT2D eigenvalue weighted by molar-refractivity contribution is 7.89. The van der Waals surface area contributed by atoms with E-state index in [0.29, 0.717) is 13.1 Å². The molecule has 8 heteroatoms. The van der Waals surface area contributed by atoms with E-state index < -0.39 is 15.8 Å². The lowest BCUT2D eigenvalue weighted by Crippen LogP contribution is -2.40. The van der Waals surface area contributed by atoms with Crippen LogP contribution < -0.4 is 5.32 Å². The summed E-state index contributed by atoms with van der Waals surface area (Å²) in [5.41, 5.74) is -0.254. The minimum Gasteiger partial charge on any atom is -0.318 e. The van der Waals surface area contributed by atoms with E-state index >= 15 is 0 Å². The van der Waals surface area contributed by atoms with Crippen LogP contribution in [0.1, 0.15) is 18.4 Å². The van der Waals surface area contributed by atoms with E-state index in [2.05, 4.69) is 5.32 Å². The van der Waals surface area contributed by atoms with Crippen molar-refractivity contribution in [2.45, 2.75) is 23.8 Å². The standard InChI is InChI=1S/C13H16FN3O2S.ClH/c1-16-9-11-3-2-6-17(11)20(18,19)12-4-5-13(14)10(7-12)8-15;/h4-5,7,11,16H,2-3,6,9H2,1H3;1H. The molecule has 0 aromatic heterocycles. The molecule has 0 aliphatic carbocycles. The van der Waals surface area contributed by atoms with Gasteiger partial charge < -0.3 is 5.32 Å². The highest BCUT2D eigenvalue weighted by atomic mass is 35.5. The molecular formula is C13H17ClFN3O2S. The van der Waals surface area contributed by atoms with E-state index in [1.165, 1.54) is 10.4 Å². The van der Waals surface area contributed by atoms with Gasteiger partial charge in [-0.25, -0.2) is 12.8 Å². The number of nitriles is 1. The first-order valence-corrected chi connectivity index (χ1v) is 7.81. The molecule has 1 unspecified atom stereocenters. The molecule has 116 valence electrons. The predicted molar refractivity (Wildman–Crippen MR) is 79.2 cm³/mol. The van der Waals surface area contributed by atoms with Crippen LogP contribution in [0.2, 0.25) is 0 Å². The van der Waals surface area contributed by atoms with Crippen molar-refractivity contribution in [3.05, 3.63) is 29.6 Å². The molecule has 0 spiro atoms. The van der Waals surface area contributed by atoms with Crippen molar-refractivity contribution in [2.24, 2.45) is 0 Å². The fourth-order valence-corrected chi connectivity index (χ4v) is 4.17. The highest BCUT2D eigenvalue weighted by Crippen LogP contribution is 2.26. The molecule has 0 radical (unpaired) electrons. The maximum absolute atomic E-state index is 13.3. The van der Waals surface area contributed by atoms with Crippen molar-refractivity contribution < 1.29 is 12.8 Å². The molecule has 5 nitrogen and oxygen atoms in total. The Balaban J connectivity index is 0.00000220. The number of nitrogens with zero attached hydrogens (tertiary/aromatic N) is 2. The van der Waals surface area contributed by atoms with Gasteiger partial charge in [0.25, 0.3) is 0 Å². The Morgan fingerprint density at radius 1 is 1.52 bits per heavy atom. The average Bonchev–Trinajstić information content (AvgIpc) is 2.88. The lowest BCUT2D eigenvalue weighted by molar-refractivity contribution is 0.379. The second-order valence-corrected chi connectivity index (χ2v) is 6.61. The van der Waals surface area contributed by atoms with Gasteiger partial charge in [0.1, 0.15) is 11.9 Å². The summed E-state index contributed by atoms with van der Waals surface area (Å²) >= 11 is 0. The summed E-state index contributed by atoms with van der Waals surface area (Å²) in [7, 11) is -1.91. The van der Waals surface area contributed by atoms with Crippen LogP contribution in [0.4, 0.5) is 4.39 Å². The van der Waals surface area contributed by atoms with Gasteiger partial charge in [-0.2, -0.15) is 9.57 Å². The van der Waals surface area contributed by atoms with Gasteiger partial charge >= 0.3 is 0 Å². The van der Waals surface area contributed by atoms with Gasteiger partial charge in [0, 0.05) is 19.1 Å². The largest absolute Gasteiger partial charge is 0.318 e. The molecule has 1 saturated heterocycles. The van der Waals surface area contributed by atoms with Crippen molar-refractivity contribution >= 4 is 22.4 Å². The fourth-order valence-electron chi connectivity index (χ4n) is 2.45. The molecule has 2 rings (SSSR count). The van der Waals surface area contributed by atoms with Crippen LogP contribution in [0.25, 0.3) is 0 Å². The topological polar surface area (TPSA) is 73.2 Å². The Kier molecular flexibility index (Phi) is 6.10. The first-order chi connectivity index (χ1) is 9.50. The number of benzene rings is 1. The van der Waals surface area contributed by atoms with Crippen LogP contribution in [0, 0.1) is 17.1 Å². The van der Waals surface area contributed by atoms with Gasteiger partial charge in [-0.3, -0.25) is 0 Å². The summed E-state index contributed by atoms with van der Waals surface area (Å²) in [4.78, 5) is -0.0292. The fraction of sp³-hybridized carbons (Fsp3) is 0.462. The predicted octanol–water partition coefficient (Wildman–Crippen LogP) is 1.49. The molecule has 0 saturated carbocycles. The number of hydrogen-bond donors (Lipinski definition) is 1. The van der Waals surface area contributed by atoms with Crippen LogP contribution in [0.15, 0.2) is 23.1 Å². The van der Waals surface area contributed by atoms with Gasteiger partial charge in [0.15, 0.2) is 0 Å². The normalized spacial score (nSPS) is 19.0. The summed E-state index contributed by atoms with van der Waals surface area (Å²) in [6.45, 7) is 1.03. The summed E-state index contributed by atoms with van der Waals surface area (Å²) in [5.74, 6) is -0.709. The van der Waals surface area contributed by atoms with Gasteiger partial charge in [0.05, 0.1) is 10.5 Å². The van der Waals surface area contributed by atoms with Gasteiger partial charge in [-0.1, -0.05) is 0 Å². The van der Waals surface area contributed by atoms with Crippen LogP contribution >= 0.6 is 12.4 Å². The Bertz CT molecular complexity index is 645. The number of likely N-dealkylation sites (N-methyl/N-ethyl adjacent to an activating group) is 1. The lowest BCUT2D eigenvalue weighted by Gasteiger charge is -2.23. The first kappa shape index (κ1) is 17.9. The minimum atomic E-state index is -3.68. The Morgan fingerprint density at radius 2 is 2.24 bits per heavy atom. The maximum atomic E-state index is 13.3. The third kappa shape index (κ3) is 3.52. The van der Waals surface area contributed by atoms with E-state index in [4.69, 9.17) is 5.26 Å². The maximum Gasteiger partial charge on any atom is 0.243 e. The first-order valence-electron chi connectivity index (χ1n) is 6.37. The van der Waals surface area contributed by atoms with E-state index in [0.717, 1.165) is 25.0 Å². The highest BCUT2D eigenvalue weighted by Gasteiger charge is 2.35. The zero-order valence-electron chi connectivity index (χ0n) is 11.5. The van der Waals surface area contributed by atoms with E-state index in [-0.39, 0.29) is 28.9 Å². The van der Waals surface area contributed by atoms with Crippen molar-refractivity contribution in [1.29, 1.82) is 5.26 Å². The number of sulfonamides is 1. The average molecular weight is 334 g/mol. The van der Waals surface area contributed by atoms with Gasteiger partial charge in [-0.05, 0) is 38.1 Å². The SMILES string of the molecule is CNCC1CCCN1S(=O)(=O)c1ccc(F)c(C#N)c1.Cl. The van der Waals surface area contributed by atoms with Crippen LogP contribution in [0.3, 0.4) is 0 Å². The van der Waals surface area contributed by atoms with Crippen LogP contribution in [-0.4, -0.2) is 38.9 Å². The molecule has 1 aromatic rings. The Morgan fingerprint density at radius 3 is 2.86 bits per heavy atom. The molecule has 0 amide bonds. The van der Waals surface area contributed by atoms with Crippen LogP contribution in [-0.2, 0) is 10.0 Å². The Labute approximate surface area is 130 Å². The number of halogens is 2. The summed E-state index contributed by atoms with van der Waals surface area (Å²) < 4.78 is 39.9. The molecule has 1 atom stereocenters. The molecule has 1 heterocycles. The second-order valence-electron chi connectivity index (χ2n) is 4.72. The molecule has 21 heavy (non-hydrogen) atoms. The summed E-state index contributed by atoms with van der Waals surface area (Å²) in [6, 6.07) is 4.90. The van der Waals surface area contributed by atoms with E-state index in [1.54, 1.807) is 13.1 Å². The summed E-state index contributed by atoms with van der Waals surface area (Å²) in [6.07, 6.45) is 1.60. The lowest BCUT2D eigenvalue weighted by atomic mass is 10.2. The third-order valence-electron chi connectivity index (χ3n) is 3.43. The molecular weight excluding hydrogens is 317 g/mol. The third-order valence-corrected chi connectivity index (χ3v) is 5.38. The molecule has 1 aliphatic heterocycles. The van der Waals surface area contributed by atoms with Crippen LogP contribution in [0.5, 0.6) is 0 Å². The van der Waals surface area contributed by atoms with Crippen molar-refractivity contribution in [3.63, 3.8) is 0 Å². The van der Waals surface area contributed by atoms with Gasteiger partial charge in [-0.15, -0.1) is 12.4 Å². The monoisotopic (exact) mass is 333 g/mol. The second kappa shape index (κ2) is 7.18. The molecule has 0 bridgehead atoms. The van der Waals surface area contributed by atoms with E-state index in [9.17, 15) is 12.8 Å².